The van der Waals surface area contributed by atoms with Crippen molar-refractivity contribution in [2.24, 2.45) is 5.73 Å². The van der Waals surface area contributed by atoms with Crippen LogP contribution in [0, 0.1) is 6.92 Å². The minimum atomic E-state index is 0.0256. The topological polar surface area (TPSA) is 30.4 Å². The monoisotopic (exact) mass is 202 g/mol. The van der Waals surface area contributed by atoms with Crippen molar-refractivity contribution >= 4 is 5.52 Å². The van der Waals surface area contributed by atoms with Gasteiger partial charge in [-0.15, -0.1) is 0 Å². The van der Waals surface area contributed by atoms with Crippen molar-refractivity contribution in [3.63, 3.8) is 0 Å². The average Bonchev–Trinajstić information content (AvgIpc) is 2.54. The highest BCUT2D eigenvalue weighted by atomic mass is 14.9. The molecule has 0 radical (unpaired) electrons. The van der Waals surface area contributed by atoms with Crippen molar-refractivity contribution in [2.75, 3.05) is 6.54 Å². The van der Waals surface area contributed by atoms with Gasteiger partial charge in [-0.1, -0.05) is 19.9 Å². The normalized spacial score (nSPS) is 12.3. The average molecular weight is 202 g/mol. The van der Waals surface area contributed by atoms with E-state index in [1.165, 1.54) is 16.8 Å². The van der Waals surface area contributed by atoms with E-state index in [1.54, 1.807) is 0 Å². The van der Waals surface area contributed by atoms with Crippen LogP contribution in [0.25, 0.3) is 5.52 Å². The van der Waals surface area contributed by atoms with Crippen LogP contribution in [0.3, 0.4) is 0 Å². The molecule has 0 saturated carbocycles. The fraction of sp³-hybridized carbons (Fsp3) is 0.385. The van der Waals surface area contributed by atoms with E-state index in [-0.39, 0.29) is 5.41 Å². The van der Waals surface area contributed by atoms with Crippen molar-refractivity contribution in [1.82, 2.24) is 4.40 Å². The Morgan fingerprint density at radius 3 is 2.73 bits per heavy atom. The lowest BCUT2D eigenvalue weighted by Gasteiger charge is -2.24. The Morgan fingerprint density at radius 1 is 1.33 bits per heavy atom. The second-order valence-corrected chi connectivity index (χ2v) is 4.76. The first-order chi connectivity index (χ1) is 7.06. The van der Waals surface area contributed by atoms with Crippen molar-refractivity contribution in [3.05, 3.63) is 41.7 Å². The quantitative estimate of drug-likeness (QED) is 0.796. The molecule has 0 amide bonds. The smallest absolute Gasteiger partial charge is 0.0455 e. The fourth-order valence-electron chi connectivity index (χ4n) is 2.21. The number of fused-ring (bicyclic) bond motifs is 1. The lowest BCUT2D eigenvalue weighted by atomic mass is 9.87. The number of pyridine rings is 1. The summed E-state index contributed by atoms with van der Waals surface area (Å²) in [5.41, 5.74) is 9.75. The number of aryl methyl sites for hydroxylation is 1. The first-order valence-corrected chi connectivity index (χ1v) is 5.33. The van der Waals surface area contributed by atoms with Crippen LogP contribution in [0.15, 0.2) is 30.5 Å². The van der Waals surface area contributed by atoms with Gasteiger partial charge >= 0.3 is 0 Å². The third kappa shape index (κ3) is 1.55. The van der Waals surface area contributed by atoms with Gasteiger partial charge in [0.15, 0.2) is 0 Å². The Kier molecular flexibility index (Phi) is 2.31. The summed E-state index contributed by atoms with van der Waals surface area (Å²) < 4.78 is 2.24. The van der Waals surface area contributed by atoms with Crippen LogP contribution in [0.1, 0.15) is 25.1 Å². The maximum atomic E-state index is 5.84. The molecular formula is C13H18N2. The van der Waals surface area contributed by atoms with Gasteiger partial charge in [0.25, 0.3) is 0 Å². The van der Waals surface area contributed by atoms with E-state index >= 15 is 0 Å². The number of hydrogen-bond donors (Lipinski definition) is 1. The molecule has 0 saturated heterocycles. The Balaban J connectivity index is 2.74. The minimum absolute atomic E-state index is 0.0256. The van der Waals surface area contributed by atoms with Crippen molar-refractivity contribution in [2.45, 2.75) is 26.2 Å². The van der Waals surface area contributed by atoms with Crippen molar-refractivity contribution < 1.29 is 0 Å². The number of aromatic nitrogens is 1. The van der Waals surface area contributed by atoms with Gasteiger partial charge in [0.1, 0.15) is 0 Å². The highest BCUT2D eigenvalue weighted by Gasteiger charge is 2.24. The number of nitrogens with zero attached hydrogens (tertiary/aromatic N) is 1. The Bertz CT molecular complexity index is 480. The van der Waals surface area contributed by atoms with Crippen molar-refractivity contribution in [1.29, 1.82) is 0 Å². The summed E-state index contributed by atoms with van der Waals surface area (Å²) in [5, 5.41) is 0. The Labute approximate surface area is 90.7 Å². The molecule has 0 atom stereocenters. The van der Waals surface area contributed by atoms with E-state index in [9.17, 15) is 0 Å². The highest BCUT2D eigenvalue weighted by molar-refractivity contribution is 5.54. The zero-order valence-electron chi connectivity index (χ0n) is 9.62. The van der Waals surface area contributed by atoms with Gasteiger partial charge in [-0.25, -0.2) is 0 Å². The maximum Gasteiger partial charge on any atom is 0.0455 e. The Hall–Kier alpha value is -1.28. The van der Waals surface area contributed by atoms with Gasteiger partial charge in [-0.2, -0.15) is 0 Å². The van der Waals surface area contributed by atoms with E-state index in [2.05, 4.69) is 55.6 Å². The molecule has 80 valence electrons. The molecule has 2 rings (SSSR count). The molecule has 2 N–H and O–H groups in total. The van der Waals surface area contributed by atoms with Gasteiger partial charge in [0.2, 0.25) is 0 Å². The van der Waals surface area contributed by atoms with Crippen LogP contribution < -0.4 is 5.73 Å². The Morgan fingerprint density at radius 2 is 2.07 bits per heavy atom. The summed E-state index contributed by atoms with van der Waals surface area (Å²) in [6, 6.07) is 8.46. The zero-order valence-corrected chi connectivity index (χ0v) is 9.62. The summed E-state index contributed by atoms with van der Waals surface area (Å²) in [6.45, 7) is 7.19. The molecule has 0 unspecified atom stereocenters. The molecule has 2 heterocycles. The standard InChI is InChI=1S/C13H18N2/c1-10-8-11-6-4-5-7-15(11)12(10)13(2,3)9-14/h4-8H,9,14H2,1-3H3. The van der Waals surface area contributed by atoms with E-state index < -0.39 is 0 Å². The van der Waals surface area contributed by atoms with Gasteiger partial charge in [0.05, 0.1) is 0 Å². The molecule has 0 aliphatic heterocycles. The third-order valence-corrected chi connectivity index (χ3v) is 3.02. The second kappa shape index (κ2) is 3.38. The molecule has 0 aromatic carbocycles. The van der Waals surface area contributed by atoms with E-state index in [4.69, 9.17) is 5.73 Å². The molecule has 0 aliphatic carbocycles. The van der Waals surface area contributed by atoms with Crippen LogP contribution in [-0.4, -0.2) is 10.9 Å². The predicted octanol–water partition coefficient (Wildman–Crippen LogP) is 2.48. The summed E-state index contributed by atoms with van der Waals surface area (Å²) in [7, 11) is 0. The lowest BCUT2D eigenvalue weighted by Crippen LogP contribution is -2.30. The van der Waals surface area contributed by atoms with E-state index in [0.29, 0.717) is 6.54 Å². The van der Waals surface area contributed by atoms with E-state index in [1.807, 2.05) is 0 Å². The molecule has 0 aliphatic rings. The molecule has 2 nitrogen and oxygen atoms in total. The second-order valence-electron chi connectivity index (χ2n) is 4.76. The molecule has 2 aromatic heterocycles. The van der Waals surface area contributed by atoms with Crippen LogP contribution in [0.2, 0.25) is 0 Å². The molecule has 2 aromatic rings. The fourth-order valence-corrected chi connectivity index (χ4v) is 2.21. The predicted molar refractivity (Wildman–Crippen MR) is 64.2 cm³/mol. The first kappa shape index (κ1) is 10.2. The molecule has 2 heteroatoms. The number of hydrogen-bond acceptors (Lipinski definition) is 1. The van der Waals surface area contributed by atoms with Gasteiger partial charge in [0, 0.05) is 29.4 Å². The molecule has 0 spiro atoms. The van der Waals surface area contributed by atoms with Crippen LogP contribution in [0.4, 0.5) is 0 Å². The lowest BCUT2D eigenvalue weighted by molar-refractivity contribution is 0.514. The summed E-state index contributed by atoms with van der Waals surface area (Å²) in [4.78, 5) is 0. The van der Waals surface area contributed by atoms with Crippen LogP contribution in [-0.2, 0) is 5.41 Å². The largest absolute Gasteiger partial charge is 0.330 e. The zero-order chi connectivity index (χ0) is 11.1. The van der Waals surface area contributed by atoms with Gasteiger partial charge in [-0.05, 0) is 30.7 Å². The van der Waals surface area contributed by atoms with Gasteiger partial charge < -0.3 is 10.1 Å². The van der Waals surface area contributed by atoms with Crippen LogP contribution >= 0.6 is 0 Å². The molecule has 15 heavy (non-hydrogen) atoms. The van der Waals surface area contributed by atoms with Gasteiger partial charge in [-0.3, -0.25) is 0 Å². The molecule has 0 bridgehead atoms. The third-order valence-electron chi connectivity index (χ3n) is 3.02. The summed E-state index contributed by atoms with van der Waals surface area (Å²) in [5.74, 6) is 0. The van der Waals surface area contributed by atoms with E-state index in [0.717, 1.165) is 0 Å². The van der Waals surface area contributed by atoms with Crippen molar-refractivity contribution in [3.8, 4) is 0 Å². The highest BCUT2D eigenvalue weighted by Crippen LogP contribution is 2.27. The molecular weight excluding hydrogens is 184 g/mol. The number of rotatable bonds is 2. The summed E-state index contributed by atoms with van der Waals surface area (Å²) >= 11 is 0. The minimum Gasteiger partial charge on any atom is -0.330 e. The van der Waals surface area contributed by atoms with Crippen LogP contribution in [0.5, 0.6) is 0 Å². The maximum absolute atomic E-state index is 5.84. The molecule has 0 fully saturated rings. The number of nitrogens with two attached hydrogens (primary N) is 1. The summed E-state index contributed by atoms with van der Waals surface area (Å²) in [6.07, 6.45) is 2.11. The first-order valence-electron chi connectivity index (χ1n) is 5.33. The SMILES string of the molecule is Cc1cc2ccccn2c1C(C)(C)CN.